The molecule has 3 nitrogen and oxygen atoms in total. The molecule has 15 heavy (non-hydrogen) atoms. The van der Waals surface area contributed by atoms with Gasteiger partial charge in [-0.25, -0.2) is 0 Å². The van der Waals surface area contributed by atoms with Crippen molar-refractivity contribution >= 4 is 5.97 Å². The second kappa shape index (κ2) is 4.34. The lowest BCUT2D eigenvalue weighted by Crippen LogP contribution is -2.31. The molecular formula is C12H16O3. The van der Waals surface area contributed by atoms with Gasteiger partial charge in [-0.1, -0.05) is 19.1 Å². The number of carbonyl (C=O) groups is 1. The minimum atomic E-state index is -0.839. The highest BCUT2D eigenvalue weighted by Crippen LogP contribution is 2.30. The van der Waals surface area contributed by atoms with Crippen molar-refractivity contribution in [1.29, 1.82) is 0 Å². The molecule has 0 aliphatic carbocycles. The monoisotopic (exact) mass is 208 g/mol. The van der Waals surface area contributed by atoms with Crippen LogP contribution in [-0.4, -0.2) is 18.2 Å². The zero-order chi connectivity index (χ0) is 11.5. The minimum Gasteiger partial charge on any atom is -0.497 e. The Morgan fingerprint density at radius 3 is 2.67 bits per heavy atom. The van der Waals surface area contributed by atoms with E-state index in [1.54, 1.807) is 26.2 Å². The van der Waals surface area contributed by atoms with Crippen LogP contribution in [-0.2, 0) is 10.2 Å². The summed E-state index contributed by atoms with van der Waals surface area (Å²) in [4.78, 5) is 11.2. The molecule has 0 aliphatic heterocycles. The first kappa shape index (κ1) is 11.6. The molecule has 0 saturated heterocycles. The summed E-state index contributed by atoms with van der Waals surface area (Å²) in [5.74, 6) is -0.119. The Morgan fingerprint density at radius 1 is 1.53 bits per heavy atom. The SMILES string of the molecule is CCC(C)(C(=O)O)c1cccc(OC)c1. The molecule has 0 fully saturated rings. The van der Waals surface area contributed by atoms with Gasteiger partial charge in [-0.3, -0.25) is 4.79 Å². The fraction of sp³-hybridized carbons (Fsp3) is 0.417. The summed E-state index contributed by atoms with van der Waals surface area (Å²) in [5.41, 5.74) is -0.0639. The molecule has 1 N–H and O–H groups in total. The average Bonchev–Trinajstić information content (AvgIpc) is 2.27. The molecule has 0 aromatic heterocycles. The molecule has 0 heterocycles. The van der Waals surface area contributed by atoms with Gasteiger partial charge >= 0.3 is 5.97 Å². The maximum atomic E-state index is 11.2. The number of ether oxygens (including phenoxy) is 1. The third kappa shape index (κ3) is 2.12. The first-order chi connectivity index (χ1) is 7.04. The molecule has 1 rings (SSSR count). The molecular weight excluding hydrogens is 192 g/mol. The lowest BCUT2D eigenvalue weighted by Gasteiger charge is -2.23. The van der Waals surface area contributed by atoms with E-state index in [0.29, 0.717) is 12.2 Å². The topological polar surface area (TPSA) is 46.5 Å². The van der Waals surface area contributed by atoms with Crippen molar-refractivity contribution in [2.24, 2.45) is 0 Å². The van der Waals surface area contributed by atoms with Crippen molar-refractivity contribution in [2.45, 2.75) is 25.7 Å². The number of carboxylic acid groups (broad SMARTS) is 1. The Kier molecular flexibility index (Phi) is 3.35. The van der Waals surface area contributed by atoms with Crippen molar-refractivity contribution in [1.82, 2.24) is 0 Å². The number of hydrogen-bond donors (Lipinski definition) is 1. The summed E-state index contributed by atoms with van der Waals surface area (Å²) in [6.45, 7) is 3.59. The van der Waals surface area contributed by atoms with Gasteiger partial charge in [0.25, 0.3) is 0 Å². The van der Waals surface area contributed by atoms with E-state index in [1.807, 2.05) is 19.1 Å². The predicted molar refractivity (Wildman–Crippen MR) is 58.3 cm³/mol. The second-order valence-electron chi connectivity index (χ2n) is 3.72. The van der Waals surface area contributed by atoms with E-state index in [1.165, 1.54) is 0 Å². The molecule has 1 atom stereocenters. The minimum absolute atomic E-state index is 0.551. The Balaban J connectivity index is 3.18. The third-order valence-corrected chi connectivity index (χ3v) is 2.89. The smallest absolute Gasteiger partial charge is 0.313 e. The van der Waals surface area contributed by atoms with Crippen LogP contribution in [0.1, 0.15) is 25.8 Å². The van der Waals surface area contributed by atoms with E-state index in [9.17, 15) is 9.90 Å². The molecule has 1 aromatic rings. The molecule has 1 unspecified atom stereocenters. The van der Waals surface area contributed by atoms with Crippen LogP contribution in [0.4, 0.5) is 0 Å². The van der Waals surface area contributed by atoms with Crippen LogP contribution in [0.5, 0.6) is 5.75 Å². The number of benzene rings is 1. The fourth-order valence-electron chi connectivity index (χ4n) is 1.45. The van der Waals surface area contributed by atoms with Gasteiger partial charge in [-0.2, -0.15) is 0 Å². The largest absolute Gasteiger partial charge is 0.497 e. The molecule has 0 radical (unpaired) electrons. The van der Waals surface area contributed by atoms with Gasteiger partial charge in [0.05, 0.1) is 12.5 Å². The highest BCUT2D eigenvalue weighted by atomic mass is 16.5. The highest BCUT2D eigenvalue weighted by Gasteiger charge is 2.33. The van der Waals surface area contributed by atoms with E-state index in [0.717, 1.165) is 5.56 Å². The van der Waals surface area contributed by atoms with E-state index < -0.39 is 11.4 Å². The van der Waals surface area contributed by atoms with Crippen molar-refractivity contribution in [3.63, 3.8) is 0 Å². The lowest BCUT2D eigenvalue weighted by atomic mass is 9.80. The van der Waals surface area contributed by atoms with E-state index in [2.05, 4.69) is 0 Å². The molecule has 3 heteroatoms. The Bertz CT molecular complexity index is 360. The summed E-state index contributed by atoms with van der Waals surface area (Å²) in [6.07, 6.45) is 0.551. The number of methoxy groups -OCH3 is 1. The predicted octanol–water partition coefficient (Wildman–Crippen LogP) is 2.45. The van der Waals surface area contributed by atoms with Crippen LogP contribution in [0.2, 0.25) is 0 Å². The maximum Gasteiger partial charge on any atom is 0.313 e. The third-order valence-electron chi connectivity index (χ3n) is 2.89. The average molecular weight is 208 g/mol. The first-order valence-corrected chi connectivity index (χ1v) is 4.92. The fourth-order valence-corrected chi connectivity index (χ4v) is 1.45. The standard InChI is InChI=1S/C12H16O3/c1-4-12(2,11(13)14)9-6-5-7-10(8-9)15-3/h5-8H,4H2,1-3H3,(H,13,14). The van der Waals surface area contributed by atoms with Gasteiger partial charge in [0.2, 0.25) is 0 Å². The summed E-state index contributed by atoms with van der Waals surface area (Å²) in [7, 11) is 1.57. The Labute approximate surface area is 89.7 Å². The van der Waals surface area contributed by atoms with Gasteiger partial charge in [0, 0.05) is 0 Å². The summed E-state index contributed by atoms with van der Waals surface area (Å²) >= 11 is 0. The molecule has 0 aliphatic rings. The van der Waals surface area contributed by atoms with Crippen molar-refractivity contribution in [3.05, 3.63) is 29.8 Å². The molecule has 0 saturated carbocycles. The van der Waals surface area contributed by atoms with Crippen LogP contribution < -0.4 is 4.74 Å². The zero-order valence-electron chi connectivity index (χ0n) is 9.28. The van der Waals surface area contributed by atoms with E-state index >= 15 is 0 Å². The number of carboxylic acids is 1. The van der Waals surface area contributed by atoms with Crippen LogP contribution >= 0.6 is 0 Å². The van der Waals surface area contributed by atoms with Crippen LogP contribution in [0.15, 0.2) is 24.3 Å². The maximum absolute atomic E-state index is 11.2. The quantitative estimate of drug-likeness (QED) is 0.826. The Morgan fingerprint density at radius 2 is 2.20 bits per heavy atom. The van der Waals surface area contributed by atoms with E-state index in [4.69, 9.17) is 4.74 Å². The van der Waals surface area contributed by atoms with Crippen molar-refractivity contribution < 1.29 is 14.6 Å². The molecule has 1 aromatic carbocycles. The summed E-state index contributed by atoms with van der Waals surface area (Å²) in [6, 6.07) is 7.21. The molecule has 0 spiro atoms. The van der Waals surface area contributed by atoms with Crippen LogP contribution in [0.3, 0.4) is 0 Å². The van der Waals surface area contributed by atoms with Gasteiger partial charge in [-0.15, -0.1) is 0 Å². The van der Waals surface area contributed by atoms with Gasteiger partial charge in [0.15, 0.2) is 0 Å². The van der Waals surface area contributed by atoms with Crippen LogP contribution in [0, 0.1) is 0 Å². The van der Waals surface area contributed by atoms with Gasteiger partial charge < -0.3 is 9.84 Å². The van der Waals surface area contributed by atoms with Gasteiger partial charge in [-0.05, 0) is 31.0 Å². The first-order valence-electron chi connectivity index (χ1n) is 4.92. The summed E-state index contributed by atoms with van der Waals surface area (Å²) < 4.78 is 5.08. The number of hydrogen-bond acceptors (Lipinski definition) is 2. The zero-order valence-corrected chi connectivity index (χ0v) is 9.28. The van der Waals surface area contributed by atoms with Crippen LogP contribution in [0.25, 0.3) is 0 Å². The molecule has 0 bridgehead atoms. The molecule has 82 valence electrons. The second-order valence-corrected chi connectivity index (χ2v) is 3.72. The number of aliphatic carboxylic acids is 1. The Hall–Kier alpha value is -1.51. The normalized spacial score (nSPS) is 14.3. The van der Waals surface area contributed by atoms with Gasteiger partial charge in [0.1, 0.15) is 5.75 Å². The summed E-state index contributed by atoms with van der Waals surface area (Å²) in [5, 5.41) is 9.21. The number of rotatable bonds is 4. The van der Waals surface area contributed by atoms with E-state index in [-0.39, 0.29) is 0 Å². The lowest BCUT2D eigenvalue weighted by molar-refractivity contribution is -0.143. The van der Waals surface area contributed by atoms with Crippen molar-refractivity contribution in [2.75, 3.05) is 7.11 Å². The van der Waals surface area contributed by atoms with Crippen molar-refractivity contribution in [3.8, 4) is 5.75 Å². The molecule has 0 amide bonds. The highest BCUT2D eigenvalue weighted by molar-refractivity contribution is 5.80.